The number of nitrogens with one attached hydrogen (secondary N) is 1. The molecule has 1 aromatic rings. The Labute approximate surface area is 94.4 Å². The van der Waals surface area contributed by atoms with Crippen LogP contribution in [0, 0.1) is 6.92 Å². The first-order valence-electron chi connectivity index (χ1n) is 5.15. The predicted octanol–water partition coefficient (Wildman–Crippen LogP) is 2.70. The Kier molecular flexibility index (Phi) is 4.42. The molecule has 1 rings (SSSR count). The molecular weight excluding hydrogens is 204 g/mol. The third kappa shape index (κ3) is 3.33. The summed E-state index contributed by atoms with van der Waals surface area (Å²) >= 11 is 0. The predicted molar refractivity (Wildman–Crippen MR) is 62.5 cm³/mol. The fourth-order valence-corrected chi connectivity index (χ4v) is 1.33. The standard InChI is InChI=1S/C12H14N2O2/c1-3-4-12(16)14-10-6-5-9(2)7-11(10)13-8-15/h5-7H,3-4H2,1-2H3,(H,14,16). The van der Waals surface area contributed by atoms with Gasteiger partial charge in [-0.3, -0.25) is 4.79 Å². The van der Waals surface area contributed by atoms with Gasteiger partial charge in [0.25, 0.3) is 0 Å². The quantitative estimate of drug-likeness (QED) is 0.624. The van der Waals surface area contributed by atoms with Crippen LogP contribution < -0.4 is 5.32 Å². The summed E-state index contributed by atoms with van der Waals surface area (Å²) in [7, 11) is 0. The van der Waals surface area contributed by atoms with Crippen molar-refractivity contribution in [3.8, 4) is 0 Å². The lowest BCUT2D eigenvalue weighted by atomic mass is 10.2. The number of benzene rings is 1. The highest BCUT2D eigenvalue weighted by Crippen LogP contribution is 2.25. The van der Waals surface area contributed by atoms with E-state index in [-0.39, 0.29) is 5.91 Å². The van der Waals surface area contributed by atoms with Gasteiger partial charge in [0.1, 0.15) is 5.69 Å². The maximum atomic E-state index is 11.4. The second kappa shape index (κ2) is 5.83. The number of nitrogens with zero attached hydrogens (tertiary/aromatic N) is 1. The van der Waals surface area contributed by atoms with E-state index >= 15 is 0 Å². The van der Waals surface area contributed by atoms with E-state index in [9.17, 15) is 9.59 Å². The molecule has 0 radical (unpaired) electrons. The minimum absolute atomic E-state index is 0.0753. The SMILES string of the molecule is CCCC(=O)Nc1ccc(C)cc1N=C=O. The molecule has 0 aromatic heterocycles. The largest absolute Gasteiger partial charge is 0.324 e. The molecule has 0 bridgehead atoms. The van der Waals surface area contributed by atoms with Crippen molar-refractivity contribution in [3.63, 3.8) is 0 Å². The van der Waals surface area contributed by atoms with Gasteiger partial charge in [-0.15, -0.1) is 0 Å². The molecule has 1 amide bonds. The average molecular weight is 218 g/mol. The molecule has 0 saturated carbocycles. The molecule has 0 fully saturated rings. The number of carbonyl (C=O) groups excluding carboxylic acids is 2. The molecule has 4 nitrogen and oxygen atoms in total. The van der Waals surface area contributed by atoms with Gasteiger partial charge in [0, 0.05) is 6.42 Å². The molecule has 0 aliphatic rings. The smallest absolute Gasteiger partial charge is 0.240 e. The molecule has 4 heteroatoms. The number of aliphatic imine (C=N–C) groups is 1. The lowest BCUT2D eigenvalue weighted by Gasteiger charge is -2.07. The van der Waals surface area contributed by atoms with Crippen LogP contribution in [0.15, 0.2) is 23.2 Å². The number of rotatable bonds is 4. The van der Waals surface area contributed by atoms with Crippen molar-refractivity contribution in [2.24, 2.45) is 4.99 Å². The zero-order chi connectivity index (χ0) is 12.0. The molecule has 0 atom stereocenters. The molecule has 1 N–H and O–H groups in total. The topological polar surface area (TPSA) is 58.5 Å². The number of hydrogen-bond acceptors (Lipinski definition) is 3. The van der Waals surface area contributed by atoms with Crippen molar-refractivity contribution < 1.29 is 9.59 Å². The zero-order valence-corrected chi connectivity index (χ0v) is 9.41. The van der Waals surface area contributed by atoms with Crippen LogP contribution in [0.25, 0.3) is 0 Å². The second-order valence-corrected chi connectivity index (χ2v) is 3.52. The highest BCUT2D eigenvalue weighted by Gasteiger charge is 2.05. The minimum Gasteiger partial charge on any atom is -0.324 e. The van der Waals surface area contributed by atoms with E-state index in [1.807, 2.05) is 19.9 Å². The van der Waals surface area contributed by atoms with Crippen LogP contribution in [0.2, 0.25) is 0 Å². The van der Waals surface area contributed by atoms with E-state index < -0.39 is 0 Å². The monoisotopic (exact) mass is 218 g/mol. The van der Waals surface area contributed by atoms with E-state index in [4.69, 9.17) is 0 Å². The summed E-state index contributed by atoms with van der Waals surface area (Å²) in [5, 5.41) is 2.71. The van der Waals surface area contributed by atoms with Gasteiger partial charge >= 0.3 is 0 Å². The highest BCUT2D eigenvalue weighted by atomic mass is 16.1. The van der Waals surface area contributed by atoms with Crippen molar-refractivity contribution >= 4 is 23.4 Å². The highest BCUT2D eigenvalue weighted by molar-refractivity contribution is 5.93. The van der Waals surface area contributed by atoms with Crippen LogP contribution >= 0.6 is 0 Å². The van der Waals surface area contributed by atoms with Crippen LogP contribution in [-0.2, 0) is 9.59 Å². The fourth-order valence-electron chi connectivity index (χ4n) is 1.33. The summed E-state index contributed by atoms with van der Waals surface area (Å²) in [6, 6.07) is 5.32. The van der Waals surface area contributed by atoms with Gasteiger partial charge in [-0.1, -0.05) is 13.0 Å². The van der Waals surface area contributed by atoms with Crippen molar-refractivity contribution in [3.05, 3.63) is 23.8 Å². The Bertz CT molecular complexity index is 435. The Morgan fingerprint density at radius 1 is 1.50 bits per heavy atom. The maximum absolute atomic E-state index is 11.4. The third-order valence-electron chi connectivity index (χ3n) is 2.07. The van der Waals surface area contributed by atoms with Crippen LogP contribution in [-0.4, -0.2) is 12.0 Å². The van der Waals surface area contributed by atoms with E-state index in [1.165, 1.54) is 6.08 Å². The molecule has 0 unspecified atom stereocenters. The summed E-state index contributed by atoms with van der Waals surface area (Å²) in [6.45, 7) is 3.82. The van der Waals surface area contributed by atoms with Gasteiger partial charge in [0.05, 0.1) is 5.69 Å². The summed E-state index contributed by atoms with van der Waals surface area (Å²) in [4.78, 5) is 25.2. The van der Waals surface area contributed by atoms with Crippen molar-refractivity contribution in [2.75, 3.05) is 5.32 Å². The number of aryl methyl sites for hydroxylation is 1. The normalized spacial score (nSPS) is 9.38. The lowest BCUT2D eigenvalue weighted by Crippen LogP contribution is -2.10. The number of anilines is 1. The summed E-state index contributed by atoms with van der Waals surface area (Å²) in [6.07, 6.45) is 2.72. The van der Waals surface area contributed by atoms with Gasteiger partial charge in [-0.25, -0.2) is 4.79 Å². The van der Waals surface area contributed by atoms with E-state index in [0.29, 0.717) is 17.8 Å². The Morgan fingerprint density at radius 2 is 2.25 bits per heavy atom. The first-order chi connectivity index (χ1) is 7.67. The first-order valence-corrected chi connectivity index (χ1v) is 5.15. The Morgan fingerprint density at radius 3 is 2.88 bits per heavy atom. The molecular formula is C12H14N2O2. The maximum Gasteiger partial charge on any atom is 0.240 e. The molecule has 0 aliphatic heterocycles. The van der Waals surface area contributed by atoms with Gasteiger partial charge in [-0.05, 0) is 31.0 Å². The molecule has 0 spiro atoms. The third-order valence-corrected chi connectivity index (χ3v) is 2.07. The van der Waals surface area contributed by atoms with Crippen molar-refractivity contribution in [1.29, 1.82) is 0 Å². The van der Waals surface area contributed by atoms with Crippen LogP contribution in [0.1, 0.15) is 25.3 Å². The Balaban J connectivity index is 2.94. The van der Waals surface area contributed by atoms with Crippen LogP contribution in [0.3, 0.4) is 0 Å². The molecule has 0 saturated heterocycles. The summed E-state index contributed by atoms with van der Waals surface area (Å²) in [5.74, 6) is -0.0753. The fraction of sp³-hybridized carbons (Fsp3) is 0.333. The first kappa shape index (κ1) is 12.1. The number of carbonyl (C=O) groups is 1. The Hall–Kier alpha value is -1.93. The second-order valence-electron chi connectivity index (χ2n) is 3.52. The van der Waals surface area contributed by atoms with Crippen LogP contribution in [0.4, 0.5) is 11.4 Å². The summed E-state index contributed by atoms with van der Waals surface area (Å²) in [5.41, 5.74) is 1.97. The lowest BCUT2D eigenvalue weighted by molar-refractivity contribution is -0.116. The van der Waals surface area contributed by atoms with Crippen LogP contribution in [0.5, 0.6) is 0 Å². The van der Waals surface area contributed by atoms with Gasteiger partial charge in [0.15, 0.2) is 0 Å². The van der Waals surface area contributed by atoms with E-state index in [0.717, 1.165) is 12.0 Å². The number of isocyanates is 1. The molecule has 0 aliphatic carbocycles. The van der Waals surface area contributed by atoms with Gasteiger partial charge in [0.2, 0.25) is 12.0 Å². The van der Waals surface area contributed by atoms with Gasteiger partial charge < -0.3 is 5.32 Å². The molecule has 1 aromatic carbocycles. The van der Waals surface area contributed by atoms with Crippen molar-refractivity contribution in [1.82, 2.24) is 0 Å². The number of amides is 1. The van der Waals surface area contributed by atoms with Crippen molar-refractivity contribution in [2.45, 2.75) is 26.7 Å². The molecule has 16 heavy (non-hydrogen) atoms. The molecule has 0 heterocycles. The van der Waals surface area contributed by atoms with E-state index in [1.54, 1.807) is 12.1 Å². The minimum atomic E-state index is -0.0753. The summed E-state index contributed by atoms with van der Waals surface area (Å²) < 4.78 is 0. The zero-order valence-electron chi connectivity index (χ0n) is 9.41. The van der Waals surface area contributed by atoms with E-state index in [2.05, 4.69) is 10.3 Å². The van der Waals surface area contributed by atoms with Gasteiger partial charge in [-0.2, -0.15) is 4.99 Å². The molecule has 84 valence electrons. The average Bonchev–Trinajstić information content (AvgIpc) is 2.23. The number of hydrogen-bond donors (Lipinski definition) is 1.